The molecule has 0 spiro atoms. The van der Waals surface area contributed by atoms with Crippen molar-refractivity contribution in [3.63, 3.8) is 0 Å². The van der Waals surface area contributed by atoms with Gasteiger partial charge in [0.1, 0.15) is 5.82 Å². The van der Waals surface area contributed by atoms with Crippen molar-refractivity contribution < 1.29 is 4.39 Å². The van der Waals surface area contributed by atoms with Crippen molar-refractivity contribution in [3.8, 4) is 0 Å². The molecule has 1 aromatic rings. The van der Waals surface area contributed by atoms with Crippen LogP contribution in [0.15, 0.2) is 18.2 Å². The zero-order valence-corrected chi connectivity index (χ0v) is 10.6. The zero-order valence-electron chi connectivity index (χ0n) is 9.84. The van der Waals surface area contributed by atoms with Gasteiger partial charge in [0.05, 0.1) is 5.02 Å². The standard InChI is InChI=1S/C13H19ClFN/c1-9(2)12(16)8-4-6-10-5-3-7-11(15)13(10)14/h3,5,7,9,12H,4,6,8,16H2,1-2H3. The second-order valence-corrected chi connectivity index (χ2v) is 4.89. The van der Waals surface area contributed by atoms with Gasteiger partial charge in [-0.05, 0) is 36.8 Å². The molecule has 0 radical (unpaired) electrons. The van der Waals surface area contributed by atoms with E-state index in [2.05, 4.69) is 13.8 Å². The Kier molecular flexibility index (Phi) is 5.23. The van der Waals surface area contributed by atoms with Gasteiger partial charge in [0, 0.05) is 6.04 Å². The van der Waals surface area contributed by atoms with E-state index in [4.69, 9.17) is 17.3 Å². The first-order valence-corrected chi connectivity index (χ1v) is 6.08. The van der Waals surface area contributed by atoms with Crippen LogP contribution in [0.25, 0.3) is 0 Å². The molecule has 0 aliphatic heterocycles. The van der Waals surface area contributed by atoms with Crippen molar-refractivity contribution >= 4 is 11.6 Å². The van der Waals surface area contributed by atoms with Crippen molar-refractivity contribution in [2.45, 2.75) is 39.2 Å². The van der Waals surface area contributed by atoms with Crippen molar-refractivity contribution in [3.05, 3.63) is 34.6 Å². The molecule has 1 unspecified atom stereocenters. The number of halogens is 2. The molecule has 0 aliphatic carbocycles. The summed E-state index contributed by atoms with van der Waals surface area (Å²) < 4.78 is 13.1. The van der Waals surface area contributed by atoms with Gasteiger partial charge >= 0.3 is 0 Å². The summed E-state index contributed by atoms with van der Waals surface area (Å²) in [5, 5.41) is 0.251. The van der Waals surface area contributed by atoms with Crippen molar-refractivity contribution in [2.75, 3.05) is 0 Å². The second kappa shape index (κ2) is 6.21. The topological polar surface area (TPSA) is 26.0 Å². The van der Waals surface area contributed by atoms with Gasteiger partial charge < -0.3 is 5.73 Å². The lowest BCUT2D eigenvalue weighted by molar-refractivity contribution is 0.452. The molecule has 0 heterocycles. The number of hydrogen-bond acceptors (Lipinski definition) is 1. The van der Waals surface area contributed by atoms with Gasteiger partial charge in [-0.15, -0.1) is 0 Å². The van der Waals surface area contributed by atoms with Crippen LogP contribution in [-0.2, 0) is 6.42 Å². The van der Waals surface area contributed by atoms with Crippen LogP contribution in [0.4, 0.5) is 4.39 Å². The maximum atomic E-state index is 13.1. The van der Waals surface area contributed by atoms with E-state index in [1.807, 2.05) is 6.07 Å². The number of benzene rings is 1. The maximum absolute atomic E-state index is 13.1. The van der Waals surface area contributed by atoms with Crippen LogP contribution in [0, 0.1) is 11.7 Å². The molecular weight excluding hydrogens is 225 g/mol. The van der Waals surface area contributed by atoms with Crippen LogP contribution >= 0.6 is 11.6 Å². The Hall–Kier alpha value is -0.600. The smallest absolute Gasteiger partial charge is 0.142 e. The van der Waals surface area contributed by atoms with E-state index in [0.717, 1.165) is 24.8 Å². The van der Waals surface area contributed by atoms with Crippen molar-refractivity contribution in [1.29, 1.82) is 0 Å². The normalized spacial score (nSPS) is 13.1. The number of nitrogens with two attached hydrogens (primary N) is 1. The van der Waals surface area contributed by atoms with Crippen LogP contribution in [0.2, 0.25) is 5.02 Å². The molecule has 0 aromatic heterocycles. The van der Waals surface area contributed by atoms with Gasteiger partial charge in [-0.25, -0.2) is 4.39 Å². The largest absolute Gasteiger partial charge is 0.327 e. The third-order valence-electron chi connectivity index (χ3n) is 2.87. The Balaban J connectivity index is 2.46. The highest BCUT2D eigenvalue weighted by molar-refractivity contribution is 6.31. The predicted octanol–water partition coefficient (Wildman–Crippen LogP) is 3.79. The summed E-state index contributed by atoms with van der Waals surface area (Å²) in [6.07, 6.45) is 2.68. The summed E-state index contributed by atoms with van der Waals surface area (Å²) in [6.45, 7) is 4.22. The molecule has 1 atom stereocenters. The monoisotopic (exact) mass is 243 g/mol. The van der Waals surface area contributed by atoms with Gasteiger partial charge in [-0.2, -0.15) is 0 Å². The molecule has 1 aromatic carbocycles. The molecule has 16 heavy (non-hydrogen) atoms. The van der Waals surface area contributed by atoms with Gasteiger partial charge in [0.15, 0.2) is 0 Å². The molecule has 1 rings (SSSR count). The minimum atomic E-state index is -0.340. The SMILES string of the molecule is CC(C)C(N)CCCc1cccc(F)c1Cl. The van der Waals surface area contributed by atoms with E-state index >= 15 is 0 Å². The highest BCUT2D eigenvalue weighted by Crippen LogP contribution is 2.21. The highest BCUT2D eigenvalue weighted by atomic mass is 35.5. The number of rotatable bonds is 5. The Bertz CT molecular complexity index is 339. The Morgan fingerprint density at radius 1 is 1.38 bits per heavy atom. The van der Waals surface area contributed by atoms with Gasteiger partial charge in [0.25, 0.3) is 0 Å². The predicted molar refractivity (Wildman–Crippen MR) is 67.2 cm³/mol. The second-order valence-electron chi connectivity index (χ2n) is 4.51. The molecule has 0 bridgehead atoms. The van der Waals surface area contributed by atoms with Gasteiger partial charge in [0.2, 0.25) is 0 Å². The average Bonchev–Trinajstić information content (AvgIpc) is 2.24. The molecule has 0 aliphatic rings. The first-order valence-electron chi connectivity index (χ1n) is 5.71. The van der Waals surface area contributed by atoms with E-state index in [0.29, 0.717) is 5.92 Å². The fourth-order valence-electron chi connectivity index (χ4n) is 1.60. The molecule has 3 heteroatoms. The fraction of sp³-hybridized carbons (Fsp3) is 0.538. The molecular formula is C13H19ClFN. The minimum Gasteiger partial charge on any atom is -0.327 e. The fourth-order valence-corrected chi connectivity index (χ4v) is 1.82. The Morgan fingerprint density at radius 3 is 2.69 bits per heavy atom. The first kappa shape index (κ1) is 13.5. The van der Waals surface area contributed by atoms with E-state index in [9.17, 15) is 4.39 Å². The van der Waals surface area contributed by atoms with Crippen LogP contribution in [0.3, 0.4) is 0 Å². The molecule has 0 fully saturated rings. The number of hydrogen-bond donors (Lipinski definition) is 1. The van der Waals surface area contributed by atoms with Gasteiger partial charge in [-0.1, -0.05) is 37.6 Å². The van der Waals surface area contributed by atoms with Crippen molar-refractivity contribution in [2.24, 2.45) is 11.7 Å². The molecule has 90 valence electrons. The summed E-state index contributed by atoms with van der Waals surface area (Å²) in [7, 11) is 0. The summed E-state index contributed by atoms with van der Waals surface area (Å²) >= 11 is 5.86. The van der Waals surface area contributed by atoms with Gasteiger partial charge in [-0.3, -0.25) is 0 Å². The first-order chi connectivity index (χ1) is 7.52. The Labute approximate surface area is 102 Å². The Morgan fingerprint density at radius 2 is 2.06 bits per heavy atom. The van der Waals surface area contributed by atoms with Crippen LogP contribution < -0.4 is 5.73 Å². The minimum absolute atomic E-state index is 0.215. The number of aryl methyl sites for hydroxylation is 1. The van der Waals surface area contributed by atoms with Crippen molar-refractivity contribution in [1.82, 2.24) is 0 Å². The van der Waals surface area contributed by atoms with E-state index in [-0.39, 0.29) is 16.9 Å². The molecule has 0 saturated heterocycles. The molecule has 0 saturated carbocycles. The lowest BCUT2D eigenvalue weighted by Gasteiger charge is -2.15. The third kappa shape index (κ3) is 3.76. The maximum Gasteiger partial charge on any atom is 0.142 e. The summed E-state index contributed by atoms with van der Waals surface area (Å²) in [5.41, 5.74) is 6.81. The van der Waals surface area contributed by atoms with Crippen LogP contribution in [0.1, 0.15) is 32.3 Å². The van der Waals surface area contributed by atoms with Crippen LogP contribution in [0.5, 0.6) is 0 Å². The van der Waals surface area contributed by atoms with E-state index in [1.165, 1.54) is 6.07 Å². The highest BCUT2D eigenvalue weighted by Gasteiger charge is 2.09. The summed E-state index contributed by atoms with van der Waals surface area (Å²) in [5.74, 6) is 0.148. The molecule has 2 N–H and O–H groups in total. The summed E-state index contributed by atoms with van der Waals surface area (Å²) in [6, 6.07) is 5.16. The summed E-state index contributed by atoms with van der Waals surface area (Å²) in [4.78, 5) is 0. The lowest BCUT2D eigenvalue weighted by atomic mass is 9.98. The quantitative estimate of drug-likeness (QED) is 0.837. The van der Waals surface area contributed by atoms with E-state index in [1.54, 1.807) is 6.07 Å². The van der Waals surface area contributed by atoms with Crippen LogP contribution in [-0.4, -0.2) is 6.04 Å². The van der Waals surface area contributed by atoms with E-state index < -0.39 is 0 Å². The zero-order chi connectivity index (χ0) is 12.1. The lowest BCUT2D eigenvalue weighted by Crippen LogP contribution is -2.26. The molecule has 0 amide bonds. The third-order valence-corrected chi connectivity index (χ3v) is 3.29. The average molecular weight is 244 g/mol. The molecule has 1 nitrogen and oxygen atoms in total.